The molecule has 3 heterocycles. The zero-order valence-electron chi connectivity index (χ0n) is 18.0. The number of thiazole rings is 1. The molecule has 33 heavy (non-hydrogen) atoms. The van der Waals surface area contributed by atoms with Gasteiger partial charge in [0, 0.05) is 29.4 Å². The van der Waals surface area contributed by atoms with Gasteiger partial charge in [-0.2, -0.15) is 4.31 Å². The van der Waals surface area contributed by atoms with Crippen molar-refractivity contribution in [3.05, 3.63) is 65.5 Å². The van der Waals surface area contributed by atoms with Crippen LogP contribution in [0, 0.1) is 5.92 Å². The van der Waals surface area contributed by atoms with E-state index in [1.54, 1.807) is 0 Å². The van der Waals surface area contributed by atoms with Crippen LogP contribution in [0.15, 0.2) is 69.3 Å². The van der Waals surface area contributed by atoms with Gasteiger partial charge in [0.2, 0.25) is 10.0 Å². The molecule has 1 amide bonds. The van der Waals surface area contributed by atoms with Gasteiger partial charge in [-0.05, 0) is 55.2 Å². The molecule has 1 atom stereocenters. The Labute approximate surface area is 196 Å². The van der Waals surface area contributed by atoms with Gasteiger partial charge < -0.3 is 4.42 Å². The molecule has 9 heteroatoms. The van der Waals surface area contributed by atoms with E-state index in [9.17, 15) is 13.2 Å². The minimum atomic E-state index is -3.55. The number of nitrogens with one attached hydrogen (secondary N) is 1. The van der Waals surface area contributed by atoms with Crippen LogP contribution in [0.2, 0.25) is 0 Å². The highest BCUT2D eigenvalue weighted by atomic mass is 32.2. The standard InChI is InChI=1S/C24H23N3O4S2/c1-16-5-4-12-27(14-16)33(29,30)19-10-8-17(9-11-19)23(28)26-24-25-20(15-32-24)22-13-18-6-2-3-7-21(18)31-22/h2-3,6-11,13,15-16H,4-5,12,14H2,1H3,(H,25,26,28)/t16-/m0/s1. The molecule has 0 unspecified atom stereocenters. The summed E-state index contributed by atoms with van der Waals surface area (Å²) in [6.45, 7) is 3.13. The molecular formula is C24H23N3O4S2. The zero-order chi connectivity index (χ0) is 23.0. The number of carbonyl (C=O) groups is 1. The summed E-state index contributed by atoms with van der Waals surface area (Å²) in [6.07, 6.45) is 1.91. The topological polar surface area (TPSA) is 92.5 Å². The minimum absolute atomic E-state index is 0.203. The Balaban J connectivity index is 1.28. The highest BCUT2D eigenvalue weighted by Crippen LogP contribution is 2.30. The summed E-state index contributed by atoms with van der Waals surface area (Å²) in [4.78, 5) is 17.3. The SMILES string of the molecule is C[C@H]1CCCN(S(=O)(=O)c2ccc(C(=O)Nc3nc(-c4cc5ccccc5o4)cs3)cc2)C1. The third kappa shape index (κ3) is 4.44. The highest BCUT2D eigenvalue weighted by Gasteiger charge is 2.28. The Morgan fingerprint density at radius 3 is 2.73 bits per heavy atom. The molecule has 1 N–H and O–H groups in total. The van der Waals surface area contributed by atoms with Crippen LogP contribution < -0.4 is 5.32 Å². The van der Waals surface area contributed by atoms with Crippen molar-refractivity contribution in [2.24, 2.45) is 5.92 Å². The first-order valence-electron chi connectivity index (χ1n) is 10.8. The lowest BCUT2D eigenvalue weighted by molar-refractivity contribution is 0.102. The number of benzene rings is 2. The molecule has 4 aromatic rings. The van der Waals surface area contributed by atoms with E-state index in [2.05, 4.69) is 17.2 Å². The predicted octanol–water partition coefficient (Wildman–Crippen LogP) is 5.23. The summed E-state index contributed by atoms with van der Waals surface area (Å²) >= 11 is 1.30. The molecule has 1 aliphatic heterocycles. The summed E-state index contributed by atoms with van der Waals surface area (Å²) < 4.78 is 33.2. The lowest BCUT2D eigenvalue weighted by atomic mass is 10.0. The maximum atomic E-state index is 12.9. The van der Waals surface area contributed by atoms with Crippen LogP contribution in [0.3, 0.4) is 0 Å². The predicted molar refractivity (Wildman–Crippen MR) is 129 cm³/mol. The van der Waals surface area contributed by atoms with Gasteiger partial charge in [0.05, 0.1) is 4.90 Å². The van der Waals surface area contributed by atoms with Crippen LogP contribution in [0.1, 0.15) is 30.1 Å². The van der Waals surface area contributed by atoms with Crippen LogP contribution >= 0.6 is 11.3 Å². The number of fused-ring (bicyclic) bond motifs is 1. The molecule has 0 saturated carbocycles. The van der Waals surface area contributed by atoms with E-state index >= 15 is 0 Å². The molecule has 0 bridgehead atoms. The minimum Gasteiger partial charge on any atom is -0.454 e. The number of carbonyl (C=O) groups excluding carboxylic acids is 1. The lowest BCUT2D eigenvalue weighted by Gasteiger charge is -2.30. The number of furan rings is 1. The molecule has 1 fully saturated rings. The smallest absolute Gasteiger partial charge is 0.257 e. The van der Waals surface area contributed by atoms with Crippen LogP contribution in [0.5, 0.6) is 0 Å². The zero-order valence-corrected chi connectivity index (χ0v) is 19.7. The monoisotopic (exact) mass is 481 g/mol. The molecule has 0 spiro atoms. The molecule has 5 rings (SSSR count). The van der Waals surface area contributed by atoms with Gasteiger partial charge in [-0.3, -0.25) is 10.1 Å². The number of hydrogen-bond acceptors (Lipinski definition) is 6. The number of amides is 1. The van der Waals surface area contributed by atoms with E-state index in [0.29, 0.717) is 41.2 Å². The van der Waals surface area contributed by atoms with Crippen LogP contribution in [-0.4, -0.2) is 36.7 Å². The summed E-state index contributed by atoms with van der Waals surface area (Å²) in [7, 11) is -3.55. The molecule has 0 aliphatic carbocycles. The van der Waals surface area contributed by atoms with Crippen molar-refractivity contribution >= 4 is 43.4 Å². The fourth-order valence-electron chi connectivity index (χ4n) is 4.01. The first-order valence-corrected chi connectivity index (χ1v) is 13.1. The van der Waals surface area contributed by atoms with Crippen molar-refractivity contribution in [3.8, 4) is 11.5 Å². The third-order valence-corrected chi connectivity index (χ3v) is 8.41. The summed E-state index contributed by atoms with van der Waals surface area (Å²) in [6, 6.07) is 15.7. The molecule has 1 saturated heterocycles. The quantitative estimate of drug-likeness (QED) is 0.421. The van der Waals surface area contributed by atoms with Crippen molar-refractivity contribution in [2.45, 2.75) is 24.7 Å². The van der Waals surface area contributed by atoms with Crippen molar-refractivity contribution < 1.29 is 17.6 Å². The Morgan fingerprint density at radius 1 is 1.18 bits per heavy atom. The van der Waals surface area contributed by atoms with Crippen LogP contribution in [0.25, 0.3) is 22.4 Å². The van der Waals surface area contributed by atoms with Gasteiger partial charge in [0.15, 0.2) is 10.9 Å². The Bertz CT molecular complexity index is 1370. The summed E-state index contributed by atoms with van der Waals surface area (Å²) in [5, 5.41) is 6.02. The molecule has 2 aromatic carbocycles. The highest BCUT2D eigenvalue weighted by molar-refractivity contribution is 7.89. The van der Waals surface area contributed by atoms with Crippen molar-refractivity contribution in [3.63, 3.8) is 0 Å². The second-order valence-corrected chi connectivity index (χ2v) is 11.1. The molecule has 170 valence electrons. The van der Waals surface area contributed by atoms with E-state index in [0.717, 1.165) is 23.8 Å². The van der Waals surface area contributed by atoms with Gasteiger partial charge in [0.1, 0.15) is 11.3 Å². The largest absolute Gasteiger partial charge is 0.454 e. The van der Waals surface area contributed by atoms with E-state index in [1.165, 1.54) is 39.9 Å². The number of aromatic nitrogens is 1. The van der Waals surface area contributed by atoms with E-state index in [-0.39, 0.29) is 10.8 Å². The van der Waals surface area contributed by atoms with Gasteiger partial charge in [0.25, 0.3) is 5.91 Å². The lowest BCUT2D eigenvalue weighted by Crippen LogP contribution is -2.39. The van der Waals surface area contributed by atoms with E-state index in [4.69, 9.17) is 4.42 Å². The third-order valence-electron chi connectivity index (χ3n) is 5.78. The first-order chi connectivity index (χ1) is 15.9. The number of para-hydroxylation sites is 1. The van der Waals surface area contributed by atoms with Crippen LogP contribution in [0.4, 0.5) is 5.13 Å². The Morgan fingerprint density at radius 2 is 1.97 bits per heavy atom. The maximum absolute atomic E-state index is 12.9. The van der Waals surface area contributed by atoms with Gasteiger partial charge in [-0.25, -0.2) is 13.4 Å². The molecule has 0 radical (unpaired) electrons. The summed E-state index contributed by atoms with van der Waals surface area (Å²) in [5.41, 5.74) is 1.78. The number of piperidine rings is 1. The fraction of sp³-hybridized carbons (Fsp3) is 0.250. The number of anilines is 1. The van der Waals surface area contributed by atoms with E-state index < -0.39 is 10.0 Å². The molecule has 2 aromatic heterocycles. The van der Waals surface area contributed by atoms with Crippen LogP contribution in [-0.2, 0) is 10.0 Å². The number of rotatable bonds is 5. The van der Waals surface area contributed by atoms with Crippen molar-refractivity contribution in [2.75, 3.05) is 18.4 Å². The first kappa shape index (κ1) is 21.8. The Hall–Kier alpha value is -3.01. The van der Waals surface area contributed by atoms with Crippen molar-refractivity contribution in [1.29, 1.82) is 0 Å². The fourth-order valence-corrected chi connectivity index (χ4v) is 6.31. The van der Waals surface area contributed by atoms with Gasteiger partial charge in [-0.15, -0.1) is 11.3 Å². The molecule has 7 nitrogen and oxygen atoms in total. The average molecular weight is 482 g/mol. The number of nitrogens with zero attached hydrogens (tertiary/aromatic N) is 2. The van der Waals surface area contributed by atoms with E-state index in [1.807, 2.05) is 35.7 Å². The van der Waals surface area contributed by atoms with Gasteiger partial charge in [-0.1, -0.05) is 25.1 Å². The van der Waals surface area contributed by atoms with Gasteiger partial charge >= 0.3 is 0 Å². The maximum Gasteiger partial charge on any atom is 0.257 e. The normalized spacial score (nSPS) is 17.3. The Kier molecular flexibility index (Phi) is 5.77. The van der Waals surface area contributed by atoms with Crippen molar-refractivity contribution in [1.82, 2.24) is 9.29 Å². The average Bonchev–Trinajstić information content (AvgIpc) is 3.46. The second-order valence-electron chi connectivity index (χ2n) is 8.28. The summed E-state index contributed by atoms with van der Waals surface area (Å²) in [5.74, 6) is 0.631. The number of hydrogen-bond donors (Lipinski definition) is 1. The number of sulfonamides is 1. The molecular weight excluding hydrogens is 458 g/mol. The second kappa shape index (κ2) is 8.74. The molecule has 1 aliphatic rings.